The minimum Gasteiger partial charge on any atom is -0.284 e. The second-order valence-electron chi connectivity index (χ2n) is 3.53. The summed E-state index contributed by atoms with van der Waals surface area (Å²) in [7, 11) is 0. The molecule has 2 aromatic rings. The van der Waals surface area contributed by atoms with E-state index in [0.717, 1.165) is 22.9 Å². The number of hydrogen-bond acceptors (Lipinski definition) is 3. The predicted octanol–water partition coefficient (Wildman–Crippen LogP) is 1.51. The summed E-state index contributed by atoms with van der Waals surface area (Å²) < 4.78 is 2.06. The molecule has 1 aromatic heterocycles. The third kappa shape index (κ3) is 1.18. The van der Waals surface area contributed by atoms with Crippen molar-refractivity contribution < 1.29 is 0 Å². The van der Waals surface area contributed by atoms with E-state index < -0.39 is 0 Å². The van der Waals surface area contributed by atoms with Gasteiger partial charge in [0.2, 0.25) is 0 Å². The molecule has 0 radical (unpaired) electrons. The number of nitrogens with zero attached hydrogens (tertiary/aromatic N) is 4. The van der Waals surface area contributed by atoms with Crippen molar-refractivity contribution in [2.24, 2.45) is 4.99 Å². The number of hydrogen-bond donors (Lipinski definition) is 0. The second kappa shape index (κ2) is 3.02. The van der Waals surface area contributed by atoms with Gasteiger partial charge in [0, 0.05) is 11.8 Å². The average Bonchev–Trinajstić information content (AvgIpc) is 2.52. The third-order valence-electron chi connectivity index (χ3n) is 2.53. The fourth-order valence-corrected chi connectivity index (χ4v) is 1.85. The zero-order valence-corrected chi connectivity index (χ0v) is 8.38. The Hall–Kier alpha value is -1.97. The lowest BCUT2D eigenvalue weighted by molar-refractivity contribution is 0.862. The molecule has 74 valence electrons. The van der Waals surface area contributed by atoms with E-state index in [0.29, 0.717) is 6.54 Å². The molecule has 15 heavy (non-hydrogen) atoms. The van der Waals surface area contributed by atoms with E-state index in [-0.39, 0.29) is 0 Å². The molecule has 1 aliphatic heterocycles. The topological polar surface area (TPSA) is 43.1 Å². The number of aliphatic imine (C=N–C) groups is 1. The zero-order chi connectivity index (χ0) is 10.3. The third-order valence-corrected chi connectivity index (χ3v) is 2.53. The lowest BCUT2D eigenvalue weighted by Crippen LogP contribution is -2.02. The van der Waals surface area contributed by atoms with Crippen molar-refractivity contribution in [3.63, 3.8) is 0 Å². The summed E-state index contributed by atoms with van der Waals surface area (Å²) in [4.78, 5) is 4.32. The maximum atomic E-state index is 4.32. The van der Waals surface area contributed by atoms with Crippen LogP contribution in [0.25, 0.3) is 5.69 Å². The average molecular weight is 198 g/mol. The second-order valence-corrected chi connectivity index (χ2v) is 3.53. The largest absolute Gasteiger partial charge is 0.284 e. The maximum absolute atomic E-state index is 4.32. The van der Waals surface area contributed by atoms with Crippen molar-refractivity contribution >= 4 is 6.21 Å². The first-order valence-electron chi connectivity index (χ1n) is 4.86. The Morgan fingerprint density at radius 2 is 2.07 bits per heavy atom. The highest BCUT2D eigenvalue weighted by Crippen LogP contribution is 2.19. The minimum absolute atomic E-state index is 0.593. The van der Waals surface area contributed by atoms with Crippen molar-refractivity contribution in [3.8, 4) is 5.69 Å². The summed E-state index contributed by atoms with van der Waals surface area (Å²) in [6.07, 6.45) is 1.89. The van der Waals surface area contributed by atoms with Gasteiger partial charge in [-0.2, -0.15) is 0 Å². The van der Waals surface area contributed by atoms with Gasteiger partial charge in [-0.05, 0) is 13.0 Å². The van der Waals surface area contributed by atoms with Gasteiger partial charge in [-0.25, -0.2) is 0 Å². The van der Waals surface area contributed by atoms with E-state index in [1.165, 1.54) is 0 Å². The number of rotatable bonds is 0. The Morgan fingerprint density at radius 1 is 1.20 bits per heavy atom. The first-order valence-corrected chi connectivity index (χ1v) is 4.86. The molecule has 1 aromatic carbocycles. The molecule has 0 saturated carbocycles. The van der Waals surface area contributed by atoms with E-state index in [1.807, 2.05) is 31.3 Å². The van der Waals surface area contributed by atoms with Crippen molar-refractivity contribution in [2.75, 3.05) is 0 Å². The van der Waals surface area contributed by atoms with Crippen LogP contribution < -0.4 is 0 Å². The molecule has 1 aliphatic rings. The molecule has 4 heteroatoms. The molecular weight excluding hydrogens is 188 g/mol. The van der Waals surface area contributed by atoms with Crippen LogP contribution in [0.5, 0.6) is 0 Å². The van der Waals surface area contributed by atoms with E-state index in [1.54, 1.807) is 0 Å². The fourth-order valence-electron chi connectivity index (χ4n) is 1.85. The number of aryl methyl sites for hydroxylation is 1. The standard InChI is InChI=1S/C11H10N4/c1-8-13-14-11-7-12-6-9-4-2-3-5-10(9)15(8)11/h2-6H,7H2,1H3. The van der Waals surface area contributed by atoms with E-state index in [4.69, 9.17) is 0 Å². The van der Waals surface area contributed by atoms with Crippen LogP contribution in [-0.2, 0) is 6.54 Å². The molecule has 0 N–H and O–H groups in total. The Labute approximate surface area is 87.3 Å². The van der Waals surface area contributed by atoms with E-state index in [2.05, 4.69) is 25.8 Å². The zero-order valence-electron chi connectivity index (χ0n) is 8.38. The summed E-state index contributed by atoms with van der Waals surface area (Å²) in [5.41, 5.74) is 2.22. The van der Waals surface area contributed by atoms with Gasteiger partial charge in [-0.3, -0.25) is 9.56 Å². The van der Waals surface area contributed by atoms with Gasteiger partial charge in [0.05, 0.1) is 12.2 Å². The fraction of sp³-hybridized carbons (Fsp3) is 0.182. The Balaban J connectivity index is 2.36. The lowest BCUT2D eigenvalue weighted by Gasteiger charge is -2.07. The van der Waals surface area contributed by atoms with Crippen LogP contribution in [0, 0.1) is 6.92 Å². The molecule has 0 amide bonds. The number of fused-ring (bicyclic) bond motifs is 3. The van der Waals surface area contributed by atoms with Crippen LogP contribution in [0.2, 0.25) is 0 Å². The Morgan fingerprint density at radius 3 is 3.00 bits per heavy atom. The normalized spacial score (nSPS) is 13.1. The maximum Gasteiger partial charge on any atom is 0.159 e. The smallest absolute Gasteiger partial charge is 0.159 e. The molecule has 0 aliphatic carbocycles. The van der Waals surface area contributed by atoms with Crippen molar-refractivity contribution in [1.82, 2.24) is 14.8 Å². The molecule has 0 atom stereocenters. The van der Waals surface area contributed by atoms with Gasteiger partial charge in [0.1, 0.15) is 5.82 Å². The molecule has 0 saturated heterocycles. The minimum atomic E-state index is 0.593. The highest BCUT2D eigenvalue weighted by Gasteiger charge is 2.14. The lowest BCUT2D eigenvalue weighted by atomic mass is 10.2. The summed E-state index contributed by atoms with van der Waals surface area (Å²) in [5, 5.41) is 8.19. The van der Waals surface area contributed by atoms with E-state index in [9.17, 15) is 0 Å². The monoisotopic (exact) mass is 198 g/mol. The van der Waals surface area contributed by atoms with Gasteiger partial charge in [0.25, 0.3) is 0 Å². The number of para-hydroxylation sites is 1. The quantitative estimate of drug-likeness (QED) is 0.644. The van der Waals surface area contributed by atoms with Crippen LogP contribution in [0.4, 0.5) is 0 Å². The van der Waals surface area contributed by atoms with Crippen molar-refractivity contribution in [2.45, 2.75) is 13.5 Å². The van der Waals surface area contributed by atoms with Gasteiger partial charge in [0.15, 0.2) is 5.82 Å². The SMILES string of the molecule is Cc1nnc2n1-c1ccccc1C=NC2. The summed E-state index contributed by atoms with van der Waals surface area (Å²) in [5.74, 6) is 1.80. The molecule has 2 heterocycles. The van der Waals surface area contributed by atoms with Crippen LogP contribution in [0.15, 0.2) is 29.3 Å². The molecule has 3 rings (SSSR count). The highest BCUT2D eigenvalue weighted by molar-refractivity contribution is 5.85. The Kier molecular flexibility index (Phi) is 1.68. The number of aromatic nitrogens is 3. The van der Waals surface area contributed by atoms with Gasteiger partial charge in [-0.15, -0.1) is 10.2 Å². The van der Waals surface area contributed by atoms with Gasteiger partial charge >= 0.3 is 0 Å². The first kappa shape index (κ1) is 8.35. The molecule has 0 fully saturated rings. The van der Waals surface area contributed by atoms with Crippen molar-refractivity contribution in [3.05, 3.63) is 41.5 Å². The highest BCUT2D eigenvalue weighted by atomic mass is 15.3. The molecule has 0 spiro atoms. The van der Waals surface area contributed by atoms with Crippen LogP contribution in [0.3, 0.4) is 0 Å². The molecule has 0 bridgehead atoms. The van der Waals surface area contributed by atoms with Crippen LogP contribution >= 0.6 is 0 Å². The van der Waals surface area contributed by atoms with E-state index >= 15 is 0 Å². The van der Waals surface area contributed by atoms with Gasteiger partial charge < -0.3 is 0 Å². The summed E-state index contributed by atoms with van der Waals surface area (Å²) in [6.45, 7) is 2.55. The Bertz CT molecular complexity index is 539. The molecular formula is C11H10N4. The molecule has 0 unspecified atom stereocenters. The molecule has 4 nitrogen and oxygen atoms in total. The van der Waals surface area contributed by atoms with Gasteiger partial charge in [-0.1, -0.05) is 18.2 Å². The summed E-state index contributed by atoms with van der Waals surface area (Å²) in [6, 6.07) is 8.14. The van der Waals surface area contributed by atoms with Crippen LogP contribution in [0.1, 0.15) is 17.2 Å². The first-order chi connectivity index (χ1) is 7.36. The van der Waals surface area contributed by atoms with Crippen molar-refractivity contribution in [1.29, 1.82) is 0 Å². The van der Waals surface area contributed by atoms with Crippen LogP contribution in [-0.4, -0.2) is 21.0 Å². The summed E-state index contributed by atoms with van der Waals surface area (Å²) >= 11 is 0. The predicted molar refractivity (Wildman–Crippen MR) is 57.4 cm³/mol. The number of benzene rings is 1.